The van der Waals surface area contributed by atoms with Crippen LogP contribution in [0.2, 0.25) is 0 Å². The summed E-state index contributed by atoms with van der Waals surface area (Å²) in [6, 6.07) is 9.51. The van der Waals surface area contributed by atoms with E-state index in [4.69, 9.17) is 0 Å². The Morgan fingerprint density at radius 2 is 1.92 bits per heavy atom. The summed E-state index contributed by atoms with van der Waals surface area (Å²) in [5.41, 5.74) is 0.899. The second kappa shape index (κ2) is 6.54. The van der Waals surface area contributed by atoms with Crippen molar-refractivity contribution in [3.63, 3.8) is 0 Å². The van der Waals surface area contributed by atoms with Gasteiger partial charge in [0.05, 0.1) is 22.3 Å². The van der Waals surface area contributed by atoms with Crippen LogP contribution >= 0.6 is 0 Å². The van der Waals surface area contributed by atoms with Crippen LogP contribution in [0.25, 0.3) is 11.0 Å². The molecule has 3 rings (SSSR count). The van der Waals surface area contributed by atoms with Crippen LogP contribution in [-0.4, -0.2) is 27.4 Å². The second-order valence-corrected chi connectivity index (χ2v) is 5.53. The zero-order valence-electron chi connectivity index (χ0n) is 13.3. The molecule has 0 fully saturated rings. The first-order chi connectivity index (χ1) is 11.8. The molecule has 0 unspecified atom stereocenters. The molecule has 3 aromatic rings. The Labute approximate surface area is 141 Å². The number of rotatable bonds is 4. The van der Waals surface area contributed by atoms with Crippen molar-refractivity contribution in [2.45, 2.75) is 19.5 Å². The van der Waals surface area contributed by atoms with E-state index in [9.17, 15) is 18.0 Å². The molecule has 2 heterocycles. The van der Waals surface area contributed by atoms with Gasteiger partial charge in [0, 0.05) is 13.0 Å². The van der Waals surface area contributed by atoms with E-state index in [1.54, 1.807) is 0 Å². The molecule has 25 heavy (non-hydrogen) atoms. The number of hydrogen-bond donors (Lipinski definition) is 2. The number of imidazole rings is 1. The highest BCUT2D eigenvalue weighted by Gasteiger charge is 2.33. The molecule has 0 aliphatic carbocycles. The summed E-state index contributed by atoms with van der Waals surface area (Å²) in [4.78, 5) is 23.1. The summed E-state index contributed by atoms with van der Waals surface area (Å²) >= 11 is 0. The number of aromatic nitrogens is 3. The Morgan fingerprint density at radius 1 is 1.16 bits per heavy atom. The standard InChI is InChI=1S/C17H15F3N4O/c1-10-11(6-7-14(22-10)17(18,19)20)16(25)21-9-8-15-23-12-4-2-3-5-13(12)24-15/h2-7H,8-9H2,1H3,(H,21,25)(H,23,24). The molecule has 130 valence electrons. The van der Waals surface area contributed by atoms with E-state index < -0.39 is 17.8 Å². The van der Waals surface area contributed by atoms with Crippen LogP contribution in [0.4, 0.5) is 13.2 Å². The lowest BCUT2D eigenvalue weighted by Gasteiger charge is -2.10. The lowest BCUT2D eigenvalue weighted by Crippen LogP contribution is -2.27. The van der Waals surface area contributed by atoms with Crippen LogP contribution in [0.3, 0.4) is 0 Å². The predicted octanol–water partition coefficient (Wildman–Crippen LogP) is 3.26. The Morgan fingerprint density at radius 3 is 2.60 bits per heavy atom. The van der Waals surface area contributed by atoms with Crippen LogP contribution in [0.1, 0.15) is 27.6 Å². The average Bonchev–Trinajstić information content (AvgIpc) is 2.96. The first kappa shape index (κ1) is 16.9. The number of carbonyl (C=O) groups excluding carboxylic acids is 1. The molecule has 0 aliphatic heterocycles. The number of aryl methyl sites for hydroxylation is 1. The van der Waals surface area contributed by atoms with Gasteiger partial charge in [-0.15, -0.1) is 0 Å². The van der Waals surface area contributed by atoms with Crippen LogP contribution in [-0.2, 0) is 12.6 Å². The lowest BCUT2D eigenvalue weighted by atomic mass is 10.1. The van der Waals surface area contributed by atoms with Crippen molar-refractivity contribution in [2.24, 2.45) is 0 Å². The van der Waals surface area contributed by atoms with Crippen molar-refractivity contribution in [3.05, 3.63) is 59.2 Å². The smallest absolute Gasteiger partial charge is 0.352 e. The van der Waals surface area contributed by atoms with Crippen molar-refractivity contribution in [2.75, 3.05) is 6.54 Å². The molecule has 0 saturated carbocycles. The summed E-state index contributed by atoms with van der Waals surface area (Å²) < 4.78 is 37.8. The van der Waals surface area contributed by atoms with E-state index in [1.807, 2.05) is 24.3 Å². The molecule has 5 nitrogen and oxygen atoms in total. The summed E-state index contributed by atoms with van der Waals surface area (Å²) in [6.45, 7) is 1.68. The highest BCUT2D eigenvalue weighted by Crippen LogP contribution is 2.28. The zero-order chi connectivity index (χ0) is 18.0. The zero-order valence-corrected chi connectivity index (χ0v) is 13.3. The average molecular weight is 348 g/mol. The molecule has 0 spiro atoms. The molecule has 1 amide bonds. The van der Waals surface area contributed by atoms with Gasteiger partial charge in [-0.2, -0.15) is 13.2 Å². The van der Waals surface area contributed by atoms with Gasteiger partial charge in [-0.1, -0.05) is 12.1 Å². The summed E-state index contributed by atoms with van der Waals surface area (Å²) in [5.74, 6) is 0.263. The minimum atomic E-state index is -4.53. The van der Waals surface area contributed by atoms with Gasteiger partial charge in [0.1, 0.15) is 11.5 Å². The van der Waals surface area contributed by atoms with Gasteiger partial charge in [0.2, 0.25) is 0 Å². The summed E-state index contributed by atoms with van der Waals surface area (Å²) in [5, 5.41) is 2.67. The van der Waals surface area contributed by atoms with Crippen molar-refractivity contribution in [1.29, 1.82) is 0 Å². The predicted molar refractivity (Wildman–Crippen MR) is 86.1 cm³/mol. The molecular weight excluding hydrogens is 333 g/mol. The molecule has 0 bridgehead atoms. The van der Waals surface area contributed by atoms with Gasteiger partial charge in [0.15, 0.2) is 0 Å². The number of nitrogens with zero attached hydrogens (tertiary/aromatic N) is 2. The van der Waals surface area contributed by atoms with Crippen molar-refractivity contribution in [3.8, 4) is 0 Å². The number of H-pyrrole nitrogens is 1. The van der Waals surface area contributed by atoms with E-state index in [-0.39, 0.29) is 11.3 Å². The fourth-order valence-electron chi connectivity index (χ4n) is 2.47. The Kier molecular flexibility index (Phi) is 4.43. The SMILES string of the molecule is Cc1nc(C(F)(F)F)ccc1C(=O)NCCc1nc2ccccc2[nH]1. The molecule has 0 radical (unpaired) electrons. The fraction of sp³-hybridized carbons (Fsp3) is 0.235. The number of aromatic amines is 1. The Bertz CT molecular complexity index is 885. The highest BCUT2D eigenvalue weighted by atomic mass is 19.4. The largest absolute Gasteiger partial charge is 0.433 e. The highest BCUT2D eigenvalue weighted by molar-refractivity contribution is 5.95. The number of hydrogen-bond acceptors (Lipinski definition) is 3. The molecule has 1 aromatic carbocycles. The maximum absolute atomic E-state index is 12.6. The maximum Gasteiger partial charge on any atom is 0.433 e. The van der Waals surface area contributed by atoms with Crippen LogP contribution in [0.15, 0.2) is 36.4 Å². The molecule has 0 saturated heterocycles. The number of pyridine rings is 1. The number of fused-ring (bicyclic) bond motifs is 1. The Hall–Kier alpha value is -2.90. The monoisotopic (exact) mass is 348 g/mol. The van der Waals surface area contributed by atoms with E-state index in [0.29, 0.717) is 13.0 Å². The topological polar surface area (TPSA) is 70.7 Å². The first-order valence-corrected chi connectivity index (χ1v) is 7.61. The molecule has 0 atom stereocenters. The van der Waals surface area contributed by atoms with Gasteiger partial charge >= 0.3 is 6.18 Å². The number of benzene rings is 1. The minimum absolute atomic E-state index is 0.0380. The third kappa shape index (κ3) is 3.78. The van der Waals surface area contributed by atoms with Gasteiger partial charge < -0.3 is 10.3 Å². The van der Waals surface area contributed by atoms with Crippen molar-refractivity contribution in [1.82, 2.24) is 20.3 Å². The van der Waals surface area contributed by atoms with Crippen molar-refractivity contribution >= 4 is 16.9 Å². The fourth-order valence-corrected chi connectivity index (χ4v) is 2.47. The first-order valence-electron chi connectivity index (χ1n) is 7.61. The number of carbonyl (C=O) groups is 1. The van der Waals surface area contributed by atoms with Gasteiger partial charge in [-0.3, -0.25) is 4.79 Å². The molecular formula is C17H15F3N4O. The van der Waals surface area contributed by atoms with Crippen molar-refractivity contribution < 1.29 is 18.0 Å². The molecule has 2 aromatic heterocycles. The molecule has 0 aliphatic rings. The van der Waals surface area contributed by atoms with E-state index in [2.05, 4.69) is 20.3 Å². The number of nitrogens with one attached hydrogen (secondary N) is 2. The number of alkyl halides is 3. The van der Waals surface area contributed by atoms with Gasteiger partial charge in [-0.25, -0.2) is 9.97 Å². The van der Waals surface area contributed by atoms with Crippen LogP contribution in [0, 0.1) is 6.92 Å². The summed E-state index contributed by atoms with van der Waals surface area (Å²) in [6.07, 6.45) is -4.05. The Balaban J connectivity index is 1.62. The van der Waals surface area contributed by atoms with Gasteiger partial charge in [-0.05, 0) is 31.2 Å². The normalized spacial score (nSPS) is 11.7. The number of para-hydroxylation sites is 2. The van der Waals surface area contributed by atoms with E-state index >= 15 is 0 Å². The number of halogens is 3. The molecule has 8 heteroatoms. The number of amides is 1. The third-order valence-electron chi connectivity index (χ3n) is 3.71. The van der Waals surface area contributed by atoms with E-state index in [0.717, 1.165) is 29.0 Å². The van der Waals surface area contributed by atoms with Gasteiger partial charge in [0.25, 0.3) is 5.91 Å². The third-order valence-corrected chi connectivity index (χ3v) is 3.71. The van der Waals surface area contributed by atoms with E-state index in [1.165, 1.54) is 6.92 Å². The minimum Gasteiger partial charge on any atom is -0.352 e. The lowest BCUT2D eigenvalue weighted by molar-refractivity contribution is -0.141. The summed E-state index contributed by atoms with van der Waals surface area (Å²) in [7, 11) is 0. The quantitative estimate of drug-likeness (QED) is 0.760. The molecule has 2 N–H and O–H groups in total. The van der Waals surface area contributed by atoms with Crippen LogP contribution in [0.5, 0.6) is 0 Å². The maximum atomic E-state index is 12.6. The van der Waals surface area contributed by atoms with Crippen LogP contribution < -0.4 is 5.32 Å². The second-order valence-electron chi connectivity index (χ2n) is 5.53.